The fourth-order valence-electron chi connectivity index (χ4n) is 2.43. The molecule has 0 radical (unpaired) electrons. The SMILES string of the molecule is CCCCCCCCCCCCOP(=O)([O-])OCC(O)CSCC(N)C(=O)[O-]. The summed E-state index contributed by atoms with van der Waals surface area (Å²) in [6.07, 6.45) is 10.3. The molecule has 0 aromatic heterocycles. The van der Waals surface area contributed by atoms with Gasteiger partial charge in [-0.3, -0.25) is 4.57 Å². The Morgan fingerprint density at radius 1 is 1.04 bits per heavy atom. The van der Waals surface area contributed by atoms with Gasteiger partial charge < -0.3 is 34.7 Å². The third-order valence-corrected chi connectivity index (χ3v) is 6.26. The van der Waals surface area contributed by atoms with Crippen molar-refractivity contribution >= 4 is 25.6 Å². The number of carbonyl (C=O) groups is 1. The minimum absolute atomic E-state index is 0.0592. The Kier molecular flexibility index (Phi) is 17.6. The second-order valence-corrected chi connectivity index (χ2v) is 9.36. The quantitative estimate of drug-likeness (QED) is 0.212. The lowest BCUT2D eigenvalue weighted by atomic mass is 10.1. The molecule has 28 heavy (non-hydrogen) atoms. The molecule has 0 saturated heterocycles. The summed E-state index contributed by atoms with van der Waals surface area (Å²) in [5, 5.41) is 20.1. The Labute approximate surface area is 173 Å². The van der Waals surface area contributed by atoms with Gasteiger partial charge in [0.1, 0.15) is 0 Å². The highest BCUT2D eigenvalue weighted by Gasteiger charge is 2.14. The second-order valence-electron chi connectivity index (χ2n) is 6.87. The Morgan fingerprint density at radius 3 is 2.11 bits per heavy atom. The molecule has 0 aliphatic rings. The first-order valence-electron chi connectivity index (χ1n) is 10.1. The summed E-state index contributed by atoms with van der Waals surface area (Å²) in [5.41, 5.74) is 5.27. The number of aliphatic hydroxyl groups is 1. The van der Waals surface area contributed by atoms with E-state index in [0.29, 0.717) is 6.42 Å². The number of carboxylic acids is 1. The molecule has 0 saturated carbocycles. The van der Waals surface area contributed by atoms with E-state index in [-0.39, 0.29) is 18.1 Å². The molecule has 168 valence electrons. The van der Waals surface area contributed by atoms with Crippen LogP contribution in [0.15, 0.2) is 0 Å². The van der Waals surface area contributed by atoms with Crippen molar-refractivity contribution in [2.45, 2.75) is 83.3 Å². The van der Waals surface area contributed by atoms with Crippen molar-refractivity contribution in [1.29, 1.82) is 0 Å². The van der Waals surface area contributed by atoms with Crippen molar-refractivity contribution in [1.82, 2.24) is 0 Å². The molecule has 0 amide bonds. The van der Waals surface area contributed by atoms with Gasteiger partial charge in [-0.2, -0.15) is 11.8 Å². The maximum Gasteiger partial charge on any atom is 0.267 e. The number of carboxylic acid groups (broad SMARTS) is 1. The molecule has 0 aromatic rings. The van der Waals surface area contributed by atoms with Gasteiger partial charge in [0, 0.05) is 11.5 Å². The Bertz CT molecular complexity index is 442. The van der Waals surface area contributed by atoms with E-state index in [2.05, 4.69) is 11.4 Å². The number of aliphatic hydroxyl groups excluding tert-OH is 1. The van der Waals surface area contributed by atoms with Crippen LogP contribution >= 0.6 is 19.6 Å². The molecule has 0 bridgehead atoms. The third-order valence-electron chi connectivity index (χ3n) is 4.08. The average Bonchev–Trinajstić information content (AvgIpc) is 2.64. The molecule has 3 N–H and O–H groups in total. The zero-order valence-electron chi connectivity index (χ0n) is 16.9. The summed E-state index contributed by atoms with van der Waals surface area (Å²) in [5.74, 6) is -1.22. The fraction of sp³-hybridized carbons (Fsp3) is 0.944. The van der Waals surface area contributed by atoms with Gasteiger partial charge in [-0.25, -0.2) is 0 Å². The fourth-order valence-corrected chi connectivity index (χ4v) is 4.10. The molecule has 0 aliphatic heterocycles. The molecule has 0 rings (SSSR count). The molecular formula is C18H36NO7PS-2. The van der Waals surface area contributed by atoms with Crippen molar-refractivity contribution in [3.05, 3.63) is 0 Å². The van der Waals surface area contributed by atoms with Gasteiger partial charge in [-0.1, -0.05) is 64.7 Å². The topological polar surface area (TPSA) is 145 Å². The molecule has 0 aromatic carbocycles. The summed E-state index contributed by atoms with van der Waals surface area (Å²) in [6.45, 7) is 1.84. The number of hydrogen-bond acceptors (Lipinski definition) is 9. The van der Waals surface area contributed by atoms with Crippen molar-refractivity contribution in [2.75, 3.05) is 24.7 Å². The summed E-state index contributed by atoms with van der Waals surface area (Å²) >= 11 is 1.08. The molecule has 10 heteroatoms. The van der Waals surface area contributed by atoms with Crippen LogP contribution in [-0.4, -0.2) is 47.9 Å². The average molecular weight is 442 g/mol. The van der Waals surface area contributed by atoms with Gasteiger partial charge in [0.05, 0.1) is 31.3 Å². The Hall–Kier alpha value is -0.150. The first-order chi connectivity index (χ1) is 13.3. The number of hydrogen-bond donors (Lipinski definition) is 2. The summed E-state index contributed by atoms with van der Waals surface area (Å²) < 4.78 is 21.0. The predicted octanol–water partition coefficient (Wildman–Crippen LogP) is 1.58. The maximum absolute atomic E-state index is 11.6. The molecule has 3 atom stereocenters. The molecule has 0 heterocycles. The Morgan fingerprint density at radius 2 is 1.57 bits per heavy atom. The molecule has 0 fully saturated rings. The lowest BCUT2D eigenvalue weighted by Crippen LogP contribution is -2.43. The normalized spacial score (nSPS) is 15.9. The number of phosphoric acid groups is 1. The van der Waals surface area contributed by atoms with Gasteiger partial charge in [0.15, 0.2) is 0 Å². The zero-order chi connectivity index (χ0) is 21.3. The zero-order valence-corrected chi connectivity index (χ0v) is 18.6. The van der Waals surface area contributed by atoms with E-state index in [1.807, 2.05) is 0 Å². The summed E-state index contributed by atoms with van der Waals surface area (Å²) in [7, 11) is -4.44. The smallest absolute Gasteiger partial charge is 0.267 e. The van der Waals surface area contributed by atoms with E-state index < -0.39 is 32.5 Å². The lowest BCUT2D eigenvalue weighted by Gasteiger charge is -2.24. The van der Waals surface area contributed by atoms with E-state index in [4.69, 9.17) is 10.3 Å². The molecule has 0 spiro atoms. The number of rotatable bonds is 20. The van der Waals surface area contributed by atoms with E-state index in [1.54, 1.807) is 0 Å². The second kappa shape index (κ2) is 17.7. The Balaban J connectivity index is 3.59. The van der Waals surface area contributed by atoms with Crippen LogP contribution in [0.1, 0.15) is 71.1 Å². The highest BCUT2D eigenvalue weighted by atomic mass is 32.2. The molecule has 8 nitrogen and oxygen atoms in total. The van der Waals surface area contributed by atoms with Crippen LogP contribution in [0.3, 0.4) is 0 Å². The number of thioether (sulfide) groups is 1. The number of phosphoric ester groups is 1. The van der Waals surface area contributed by atoms with Crippen LogP contribution in [0, 0.1) is 0 Å². The van der Waals surface area contributed by atoms with E-state index >= 15 is 0 Å². The largest absolute Gasteiger partial charge is 0.756 e. The van der Waals surface area contributed by atoms with Gasteiger partial charge in [0.25, 0.3) is 7.82 Å². The van der Waals surface area contributed by atoms with Crippen molar-refractivity contribution < 1.29 is 33.5 Å². The first kappa shape index (κ1) is 27.8. The maximum atomic E-state index is 11.6. The molecule has 3 unspecified atom stereocenters. The van der Waals surface area contributed by atoms with Gasteiger partial charge in [0.2, 0.25) is 0 Å². The highest BCUT2D eigenvalue weighted by molar-refractivity contribution is 7.99. The number of carbonyl (C=O) groups excluding carboxylic acids is 1. The molecular weight excluding hydrogens is 405 g/mol. The first-order valence-corrected chi connectivity index (χ1v) is 12.7. The van der Waals surface area contributed by atoms with Crippen LogP contribution < -0.4 is 15.7 Å². The highest BCUT2D eigenvalue weighted by Crippen LogP contribution is 2.38. The standard InChI is InChI=1S/C18H38NO7PS/c1-2-3-4-5-6-7-8-9-10-11-12-25-27(23,24)26-13-16(20)14-28-15-17(19)18(21)22/h16-17,20H,2-15,19H2,1H3,(H,21,22)(H,23,24)/p-2. The van der Waals surface area contributed by atoms with Crippen molar-refractivity contribution in [3.63, 3.8) is 0 Å². The van der Waals surface area contributed by atoms with Crippen molar-refractivity contribution in [3.8, 4) is 0 Å². The molecule has 0 aliphatic carbocycles. The van der Waals surface area contributed by atoms with E-state index in [9.17, 15) is 24.5 Å². The van der Waals surface area contributed by atoms with Crippen molar-refractivity contribution in [2.24, 2.45) is 5.73 Å². The van der Waals surface area contributed by atoms with Gasteiger partial charge in [-0.15, -0.1) is 0 Å². The third kappa shape index (κ3) is 17.9. The summed E-state index contributed by atoms with van der Waals surface area (Å²) in [6, 6.07) is -1.13. The van der Waals surface area contributed by atoms with Crippen LogP contribution in [0.2, 0.25) is 0 Å². The number of aliphatic carboxylic acids is 1. The lowest BCUT2D eigenvalue weighted by molar-refractivity contribution is -0.306. The van der Waals surface area contributed by atoms with E-state index in [0.717, 1.165) is 31.0 Å². The van der Waals surface area contributed by atoms with Gasteiger partial charge in [-0.05, 0) is 6.42 Å². The van der Waals surface area contributed by atoms with Crippen LogP contribution in [-0.2, 0) is 18.4 Å². The predicted molar refractivity (Wildman–Crippen MR) is 108 cm³/mol. The number of unbranched alkanes of at least 4 members (excludes halogenated alkanes) is 9. The monoisotopic (exact) mass is 441 g/mol. The summed E-state index contributed by atoms with van der Waals surface area (Å²) in [4.78, 5) is 22.1. The van der Waals surface area contributed by atoms with Crippen LogP contribution in [0.4, 0.5) is 0 Å². The minimum Gasteiger partial charge on any atom is -0.756 e. The minimum atomic E-state index is -4.44. The van der Waals surface area contributed by atoms with Gasteiger partial charge >= 0.3 is 0 Å². The van der Waals surface area contributed by atoms with E-state index in [1.165, 1.54) is 38.5 Å². The van der Waals surface area contributed by atoms with Crippen LogP contribution in [0.25, 0.3) is 0 Å². The van der Waals surface area contributed by atoms with Crippen LogP contribution in [0.5, 0.6) is 0 Å². The number of nitrogens with two attached hydrogens (primary N) is 1.